The van der Waals surface area contributed by atoms with Crippen molar-refractivity contribution in [1.29, 1.82) is 0 Å². The van der Waals surface area contributed by atoms with Gasteiger partial charge in [-0.05, 0) is 51.3 Å². The predicted molar refractivity (Wildman–Crippen MR) is 152 cm³/mol. The topological polar surface area (TPSA) is 0 Å². The monoisotopic (exact) mass is 466 g/mol. The molecule has 0 radical (unpaired) electrons. The minimum Gasteiger partial charge on any atom is -0.130 e. The number of hydrogen-bond donors (Lipinski definition) is 0. The third-order valence-electron chi connectivity index (χ3n) is 7.99. The predicted octanol–water partition coefficient (Wildman–Crippen LogP) is 9.41. The lowest BCUT2D eigenvalue weighted by atomic mass is 10.0. The van der Waals surface area contributed by atoms with Crippen LogP contribution in [0.1, 0.15) is 101 Å². The summed E-state index contributed by atoms with van der Waals surface area (Å²) < 4.78 is 0. The zero-order valence-corrected chi connectivity index (χ0v) is 25.2. The average molecular weight is 467 g/mol. The second-order valence-electron chi connectivity index (χ2n) is 11.5. The first kappa shape index (κ1) is 28.8. The third kappa shape index (κ3) is 6.21. The molecule has 1 aromatic rings. The highest BCUT2D eigenvalue weighted by atomic mass is 28.3. The van der Waals surface area contributed by atoms with Crippen molar-refractivity contribution in [3.63, 3.8) is 0 Å². The fraction of sp³-hybridized carbons (Fsp3) is 0.667. The van der Waals surface area contributed by atoms with E-state index in [1.165, 1.54) is 11.1 Å². The average Bonchev–Trinajstić information content (AvgIpc) is 2.67. The van der Waals surface area contributed by atoms with Crippen molar-refractivity contribution in [3.05, 3.63) is 35.4 Å². The molecule has 1 rings (SSSR count). The van der Waals surface area contributed by atoms with Crippen LogP contribution in [0, 0.1) is 22.9 Å². The van der Waals surface area contributed by atoms with Crippen LogP contribution in [0.4, 0.5) is 0 Å². The van der Waals surface area contributed by atoms with Gasteiger partial charge in [0.15, 0.2) is 0 Å². The molecule has 0 aliphatic carbocycles. The van der Waals surface area contributed by atoms with E-state index in [0.29, 0.717) is 33.2 Å². The number of rotatable bonds is 8. The minimum absolute atomic E-state index is 0.661. The maximum atomic E-state index is 3.91. The maximum Gasteiger partial charge on any atom is 0.146 e. The molecule has 0 nitrogen and oxygen atoms in total. The standard InChI is InChI=1S/C30H50Si2/c1-23(2)31(24(3)4,25(5)6)21-16-15-19-29-17-13-14-18-30(29)20-22-32(26(7)8,27(9)10)28(11)12/h13-14,17-18,23-28H,15,19H2,1-12H3. The fourth-order valence-electron chi connectivity index (χ4n) is 6.31. The maximum absolute atomic E-state index is 3.91. The van der Waals surface area contributed by atoms with Gasteiger partial charge < -0.3 is 0 Å². The molecular formula is C30H50Si2. The Labute approximate surface area is 203 Å². The first-order chi connectivity index (χ1) is 14.8. The van der Waals surface area contributed by atoms with Crippen molar-refractivity contribution < 1.29 is 0 Å². The Balaban J connectivity index is 3.23. The Hall–Kier alpha value is -1.23. The second-order valence-corrected chi connectivity index (χ2v) is 22.7. The van der Waals surface area contributed by atoms with E-state index < -0.39 is 16.1 Å². The van der Waals surface area contributed by atoms with Gasteiger partial charge in [0.1, 0.15) is 16.1 Å². The van der Waals surface area contributed by atoms with Crippen molar-refractivity contribution in [3.8, 4) is 22.9 Å². The van der Waals surface area contributed by atoms with Crippen LogP contribution in [0.2, 0.25) is 33.2 Å². The molecule has 0 saturated heterocycles. The summed E-state index contributed by atoms with van der Waals surface area (Å²) in [5.41, 5.74) is 14.4. The molecule has 0 aliphatic heterocycles. The van der Waals surface area contributed by atoms with Crippen LogP contribution in [-0.2, 0) is 6.42 Å². The van der Waals surface area contributed by atoms with E-state index in [2.05, 4.69) is 130 Å². The van der Waals surface area contributed by atoms with Gasteiger partial charge in [0.25, 0.3) is 0 Å². The van der Waals surface area contributed by atoms with E-state index in [1.54, 1.807) is 0 Å². The fourth-order valence-corrected chi connectivity index (χ4v) is 16.8. The molecule has 0 spiro atoms. The molecule has 0 aliphatic rings. The second kappa shape index (κ2) is 12.3. The van der Waals surface area contributed by atoms with E-state index in [9.17, 15) is 0 Å². The van der Waals surface area contributed by atoms with Gasteiger partial charge in [-0.2, -0.15) is 0 Å². The summed E-state index contributed by atoms with van der Waals surface area (Å²) >= 11 is 0. The Bertz CT molecular complexity index is 791. The van der Waals surface area contributed by atoms with Gasteiger partial charge in [-0.25, -0.2) is 0 Å². The zero-order chi connectivity index (χ0) is 24.7. The van der Waals surface area contributed by atoms with Crippen molar-refractivity contribution in [1.82, 2.24) is 0 Å². The summed E-state index contributed by atoms with van der Waals surface area (Å²) in [5, 5.41) is 0. The lowest BCUT2D eigenvalue weighted by Crippen LogP contribution is -2.43. The molecule has 0 fully saturated rings. The quantitative estimate of drug-likeness (QED) is 0.264. The summed E-state index contributed by atoms with van der Waals surface area (Å²) in [4.78, 5) is 0. The molecule has 32 heavy (non-hydrogen) atoms. The first-order valence-corrected chi connectivity index (χ1v) is 17.4. The number of benzene rings is 1. The molecule has 1 aromatic carbocycles. The molecule has 0 amide bonds. The van der Waals surface area contributed by atoms with Crippen LogP contribution < -0.4 is 0 Å². The largest absolute Gasteiger partial charge is 0.146 e. The van der Waals surface area contributed by atoms with Gasteiger partial charge in [-0.15, -0.1) is 17.0 Å². The van der Waals surface area contributed by atoms with Crippen molar-refractivity contribution in [2.45, 2.75) is 129 Å². The lowest BCUT2D eigenvalue weighted by Gasteiger charge is -2.38. The van der Waals surface area contributed by atoms with E-state index >= 15 is 0 Å². The van der Waals surface area contributed by atoms with Crippen molar-refractivity contribution in [2.75, 3.05) is 0 Å². The van der Waals surface area contributed by atoms with Crippen LogP contribution >= 0.6 is 0 Å². The summed E-state index contributed by atoms with van der Waals surface area (Å²) in [6, 6.07) is 8.76. The van der Waals surface area contributed by atoms with E-state index in [1.807, 2.05) is 0 Å². The minimum atomic E-state index is -1.72. The van der Waals surface area contributed by atoms with E-state index in [4.69, 9.17) is 0 Å². The number of aryl methyl sites for hydroxylation is 1. The number of hydrogen-bond acceptors (Lipinski definition) is 0. The Morgan fingerprint density at radius 1 is 0.594 bits per heavy atom. The van der Waals surface area contributed by atoms with Gasteiger partial charge in [-0.1, -0.05) is 107 Å². The van der Waals surface area contributed by atoms with Crippen LogP contribution in [0.3, 0.4) is 0 Å². The molecule has 0 N–H and O–H groups in total. The molecule has 0 aromatic heterocycles. The van der Waals surface area contributed by atoms with Gasteiger partial charge in [-0.3, -0.25) is 0 Å². The molecule has 0 atom stereocenters. The van der Waals surface area contributed by atoms with E-state index in [-0.39, 0.29) is 0 Å². The summed E-state index contributed by atoms with van der Waals surface area (Å²) in [6.07, 6.45) is 1.93. The Morgan fingerprint density at radius 2 is 1.00 bits per heavy atom. The van der Waals surface area contributed by atoms with Crippen LogP contribution in [0.5, 0.6) is 0 Å². The van der Waals surface area contributed by atoms with Crippen LogP contribution in [-0.4, -0.2) is 16.1 Å². The van der Waals surface area contributed by atoms with Gasteiger partial charge in [0.2, 0.25) is 0 Å². The van der Waals surface area contributed by atoms with E-state index in [0.717, 1.165) is 12.8 Å². The first-order valence-electron chi connectivity index (χ1n) is 12.9. The molecule has 0 saturated carbocycles. The molecular weight excluding hydrogens is 417 g/mol. The molecule has 0 bridgehead atoms. The van der Waals surface area contributed by atoms with Gasteiger partial charge in [0, 0.05) is 12.0 Å². The Morgan fingerprint density at radius 3 is 1.44 bits per heavy atom. The smallest absolute Gasteiger partial charge is 0.130 e. The third-order valence-corrected chi connectivity index (χ3v) is 20.6. The van der Waals surface area contributed by atoms with Crippen LogP contribution in [0.15, 0.2) is 24.3 Å². The SMILES string of the molecule is CC(C)[Si](C#CCCc1ccccc1C#C[Si](C(C)C)(C(C)C)C(C)C)(C(C)C)C(C)C. The zero-order valence-electron chi connectivity index (χ0n) is 23.2. The molecule has 0 unspecified atom stereocenters. The van der Waals surface area contributed by atoms with Gasteiger partial charge >= 0.3 is 0 Å². The highest BCUT2D eigenvalue weighted by Gasteiger charge is 2.42. The molecule has 2 heteroatoms. The summed E-state index contributed by atoms with van der Waals surface area (Å²) in [7, 11) is -3.36. The molecule has 178 valence electrons. The molecule has 0 heterocycles. The summed E-state index contributed by atoms with van der Waals surface area (Å²) in [5.74, 6) is 7.33. The highest BCUT2D eigenvalue weighted by molar-refractivity contribution is 6.91. The Kier molecular flexibility index (Phi) is 11.1. The van der Waals surface area contributed by atoms with Crippen LogP contribution in [0.25, 0.3) is 0 Å². The summed E-state index contributed by atoms with van der Waals surface area (Å²) in [6.45, 7) is 28.6. The van der Waals surface area contributed by atoms with Gasteiger partial charge in [0.05, 0.1) is 0 Å². The highest BCUT2D eigenvalue weighted by Crippen LogP contribution is 2.41. The van der Waals surface area contributed by atoms with Crippen molar-refractivity contribution >= 4 is 16.1 Å². The van der Waals surface area contributed by atoms with Crippen molar-refractivity contribution in [2.24, 2.45) is 0 Å². The lowest BCUT2D eigenvalue weighted by molar-refractivity contribution is 0.837. The normalized spacial score (nSPS) is 12.6.